The summed E-state index contributed by atoms with van der Waals surface area (Å²) in [7, 11) is 0. The molecule has 0 radical (unpaired) electrons. The molecule has 0 saturated heterocycles. The van der Waals surface area contributed by atoms with E-state index in [1.165, 1.54) is 24.3 Å². The Balaban J connectivity index is 1.57. The van der Waals surface area contributed by atoms with Gasteiger partial charge in [0.1, 0.15) is 5.65 Å². The first-order valence-electron chi connectivity index (χ1n) is 7.09. The van der Waals surface area contributed by atoms with Crippen molar-refractivity contribution in [2.75, 3.05) is 6.54 Å². The van der Waals surface area contributed by atoms with Crippen LogP contribution in [-0.4, -0.2) is 26.8 Å². The van der Waals surface area contributed by atoms with Crippen LogP contribution in [0.25, 0.3) is 5.65 Å². The molecule has 0 aliphatic rings. The van der Waals surface area contributed by atoms with Crippen LogP contribution in [0.15, 0.2) is 54.9 Å². The number of pyridine rings is 1. The average molecular weight is 310 g/mol. The molecule has 0 aliphatic heterocycles. The second-order valence-electron chi connectivity index (χ2n) is 5.01. The largest absolute Gasteiger partial charge is 0.352 e. The van der Waals surface area contributed by atoms with Crippen LogP contribution >= 0.6 is 0 Å². The van der Waals surface area contributed by atoms with Gasteiger partial charge in [0.05, 0.1) is 10.6 Å². The summed E-state index contributed by atoms with van der Waals surface area (Å²) >= 11 is 0. The molecule has 0 atom stereocenters. The first-order chi connectivity index (χ1) is 11.1. The van der Waals surface area contributed by atoms with E-state index in [0.717, 1.165) is 11.3 Å². The van der Waals surface area contributed by atoms with E-state index in [1.807, 2.05) is 35.0 Å². The first-order valence-corrected chi connectivity index (χ1v) is 7.09. The van der Waals surface area contributed by atoms with Gasteiger partial charge in [-0.1, -0.05) is 6.07 Å². The minimum atomic E-state index is -0.495. The quantitative estimate of drug-likeness (QED) is 0.578. The highest BCUT2D eigenvalue weighted by atomic mass is 16.6. The highest BCUT2D eigenvalue weighted by Crippen LogP contribution is 2.11. The van der Waals surface area contributed by atoms with Crippen molar-refractivity contribution in [2.45, 2.75) is 6.42 Å². The molecule has 116 valence electrons. The molecule has 2 aromatic heterocycles. The van der Waals surface area contributed by atoms with Gasteiger partial charge in [0.25, 0.3) is 11.6 Å². The molecule has 3 aromatic rings. The molecule has 2 heterocycles. The third-order valence-electron chi connectivity index (χ3n) is 3.42. The van der Waals surface area contributed by atoms with Crippen molar-refractivity contribution >= 4 is 17.2 Å². The molecule has 23 heavy (non-hydrogen) atoms. The Labute approximate surface area is 131 Å². The molecule has 1 N–H and O–H groups in total. The molecule has 3 rings (SSSR count). The maximum absolute atomic E-state index is 12.0. The molecule has 0 fully saturated rings. The SMILES string of the molecule is O=C(NCCc1cn2ccccc2n1)c1ccc([N+](=O)[O-])cc1. The van der Waals surface area contributed by atoms with Gasteiger partial charge in [-0.2, -0.15) is 0 Å². The van der Waals surface area contributed by atoms with Gasteiger partial charge >= 0.3 is 0 Å². The Morgan fingerprint density at radius 3 is 2.70 bits per heavy atom. The lowest BCUT2D eigenvalue weighted by molar-refractivity contribution is -0.384. The molecular weight excluding hydrogens is 296 g/mol. The van der Waals surface area contributed by atoms with Crippen molar-refractivity contribution in [1.29, 1.82) is 0 Å². The van der Waals surface area contributed by atoms with E-state index >= 15 is 0 Å². The Hall–Kier alpha value is -3.22. The third-order valence-corrected chi connectivity index (χ3v) is 3.42. The Morgan fingerprint density at radius 1 is 1.22 bits per heavy atom. The fourth-order valence-corrected chi connectivity index (χ4v) is 2.25. The zero-order valence-corrected chi connectivity index (χ0v) is 12.2. The number of non-ortho nitro benzene ring substituents is 1. The second-order valence-corrected chi connectivity index (χ2v) is 5.01. The van der Waals surface area contributed by atoms with Gasteiger partial charge in [-0.25, -0.2) is 4.98 Å². The van der Waals surface area contributed by atoms with Crippen LogP contribution in [0.4, 0.5) is 5.69 Å². The third kappa shape index (κ3) is 3.34. The summed E-state index contributed by atoms with van der Waals surface area (Å²) in [4.78, 5) is 26.5. The average Bonchev–Trinajstić information content (AvgIpc) is 2.97. The lowest BCUT2D eigenvalue weighted by Gasteiger charge is -2.03. The smallest absolute Gasteiger partial charge is 0.269 e. The number of fused-ring (bicyclic) bond motifs is 1. The molecule has 1 aromatic carbocycles. The molecule has 7 nitrogen and oxygen atoms in total. The lowest BCUT2D eigenvalue weighted by Crippen LogP contribution is -2.25. The molecule has 0 saturated carbocycles. The van der Waals surface area contributed by atoms with Crippen LogP contribution < -0.4 is 5.32 Å². The number of imidazole rings is 1. The van der Waals surface area contributed by atoms with Gasteiger partial charge in [0.2, 0.25) is 0 Å². The summed E-state index contributed by atoms with van der Waals surface area (Å²) in [6.45, 7) is 0.444. The predicted molar refractivity (Wildman–Crippen MR) is 84.3 cm³/mol. The molecule has 1 amide bonds. The van der Waals surface area contributed by atoms with E-state index in [1.54, 1.807) is 0 Å². The van der Waals surface area contributed by atoms with Crippen molar-refractivity contribution in [2.24, 2.45) is 0 Å². The summed E-state index contributed by atoms with van der Waals surface area (Å²) in [5.74, 6) is -0.260. The summed E-state index contributed by atoms with van der Waals surface area (Å²) in [6.07, 6.45) is 4.45. The van der Waals surface area contributed by atoms with E-state index in [9.17, 15) is 14.9 Å². The minimum absolute atomic E-state index is 0.0359. The van der Waals surface area contributed by atoms with E-state index < -0.39 is 4.92 Å². The molecule has 0 aliphatic carbocycles. The van der Waals surface area contributed by atoms with Gasteiger partial charge in [0.15, 0.2) is 0 Å². The van der Waals surface area contributed by atoms with Gasteiger partial charge in [-0.15, -0.1) is 0 Å². The molecule has 7 heteroatoms. The highest BCUT2D eigenvalue weighted by Gasteiger charge is 2.09. The first kappa shape index (κ1) is 14.7. The monoisotopic (exact) mass is 310 g/mol. The van der Waals surface area contributed by atoms with E-state index in [2.05, 4.69) is 10.3 Å². The minimum Gasteiger partial charge on any atom is -0.352 e. The van der Waals surface area contributed by atoms with Crippen LogP contribution in [0.1, 0.15) is 16.1 Å². The Morgan fingerprint density at radius 2 is 2.00 bits per heavy atom. The maximum Gasteiger partial charge on any atom is 0.269 e. The normalized spacial score (nSPS) is 10.6. The number of nitrogens with one attached hydrogen (secondary N) is 1. The lowest BCUT2D eigenvalue weighted by atomic mass is 10.2. The number of nitrogens with zero attached hydrogens (tertiary/aromatic N) is 3. The number of carbonyl (C=O) groups is 1. The van der Waals surface area contributed by atoms with Crippen LogP contribution in [0.5, 0.6) is 0 Å². The highest BCUT2D eigenvalue weighted by molar-refractivity contribution is 5.94. The second kappa shape index (κ2) is 6.27. The van der Waals surface area contributed by atoms with Crippen LogP contribution in [0.3, 0.4) is 0 Å². The zero-order valence-electron chi connectivity index (χ0n) is 12.2. The zero-order chi connectivity index (χ0) is 16.2. The summed E-state index contributed by atoms with van der Waals surface area (Å²) in [6, 6.07) is 11.3. The van der Waals surface area contributed by atoms with E-state index in [-0.39, 0.29) is 11.6 Å². The molecule has 0 unspecified atom stereocenters. The topological polar surface area (TPSA) is 89.5 Å². The van der Waals surface area contributed by atoms with Crippen molar-refractivity contribution in [3.8, 4) is 0 Å². The fraction of sp³-hybridized carbons (Fsp3) is 0.125. The number of rotatable bonds is 5. The number of aromatic nitrogens is 2. The molecule has 0 spiro atoms. The number of nitro benzene ring substituents is 1. The molecule has 0 bridgehead atoms. The summed E-state index contributed by atoms with van der Waals surface area (Å²) < 4.78 is 1.92. The standard InChI is InChI=1S/C16H14N4O3/c21-16(12-4-6-14(7-5-12)20(22)23)17-9-8-13-11-19-10-2-1-3-15(19)18-13/h1-7,10-11H,8-9H2,(H,17,21). The van der Waals surface area contributed by atoms with Gasteiger partial charge < -0.3 is 9.72 Å². The van der Waals surface area contributed by atoms with Crippen LogP contribution in [0.2, 0.25) is 0 Å². The van der Waals surface area contributed by atoms with Crippen molar-refractivity contribution < 1.29 is 9.72 Å². The van der Waals surface area contributed by atoms with Gasteiger partial charge in [0, 0.05) is 43.1 Å². The van der Waals surface area contributed by atoms with Crippen molar-refractivity contribution in [1.82, 2.24) is 14.7 Å². The molecular formula is C16H14N4O3. The fourth-order valence-electron chi connectivity index (χ4n) is 2.25. The number of nitro groups is 1. The van der Waals surface area contributed by atoms with Gasteiger partial charge in [-0.3, -0.25) is 14.9 Å². The maximum atomic E-state index is 12.0. The van der Waals surface area contributed by atoms with Gasteiger partial charge in [-0.05, 0) is 24.3 Å². The number of carbonyl (C=O) groups excluding carboxylic acids is 1. The van der Waals surface area contributed by atoms with E-state index in [4.69, 9.17) is 0 Å². The number of hydrogen-bond donors (Lipinski definition) is 1. The summed E-state index contributed by atoms with van der Waals surface area (Å²) in [5, 5.41) is 13.4. The predicted octanol–water partition coefficient (Wildman–Crippen LogP) is 2.21. The Kier molecular flexibility index (Phi) is 4.01. The number of benzene rings is 1. The van der Waals surface area contributed by atoms with Crippen molar-refractivity contribution in [3.63, 3.8) is 0 Å². The number of amides is 1. The van der Waals surface area contributed by atoms with Crippen LogP contribution in [-0.2, 0) is 6.42 Å². The summed E-state index contributed by atoms with van der Waals surface area (Å²) in [5.41, 5.74) is 2.11. The van der Waals surface area contributed by atoms with Crippen LogP contribution in [0, 0.1) is 10.1 Å². The van der Waals surface area contributed by atoms with Crippen molar-refractivity contribution in [3.05, 3.63) is 76.2 Å². The number of hydrogen-bond acceptors (Lipinski definition) is 4. The van der Waals surface area contributed by atoms with E-state index in [0.29, 0.717) is 18.5 Å². The Bertz CT molecular complexity index is 822.